The maximum Gasteiger partial charge on any atom is 0.181 e. The van der Waals surface area contributed by atoms with E-state index in [9.17, 15) is 0 Å². The van der Waals surface area contributed by atoms with Crippen LogP contribution in [0.4, 0.5) is 0 Å². The fraction of sp³-hybridized carbons (Fsp3) is 0.125. The number of thioether (sulfide) groups is 1. The van der Waals surface area contributed by atoms with Crippen LogP contribution in [0, 0.1) is 0 Å². The third-order valence-electron chi connectivity index (χ3n) is 3.19. The predicted octanol–water partition coefficient (Wildman–Crippen LogP) is 5.47. The van der Waals surface area contributed by atoms with Crippen molar-refractivity contribution in [3.05, 3.63) is 42.7 Å². The Morgan fingerprint density at radius 2 is 1.83 bits per heavy atom. The highest BCUT2D eigenvalue weighted by molar-refractivity contribution is 8.03. The lowest BCUT2D eigenvalue weighted by atomic mass is 10.2. The van der Waals surface area contributed by atoms with E-state index >= 15 is 0 Å². The van der Waals surface area contributed by atoms with Gasteiger partial charge in [-0.25, -0.2) is 9.97 Å². The molecule has 8 heteroatoms. The summed E-state index contributed by atoms with van der Waals surface area (Å²) in [5, 5.41) is 10.5. The highest BCUT2D eigenvalue weighted by atomic mass is 32.2. The Bertz CT molecular complexity index is 965. The molecule has 0 atom stereocenters. The van der Waals surface area contributed by atoms with Crippen molar-refractivity contribution < 1.29 is 0 Å². The van der Waals surface area contributed by atoms with Crippen LogP contribution in [0.15, 0.2) is 56.4 Å². The number of benzene rings is 1. The quantitative estimate of drug-likeness (QED) is 0.334. The molecule has 0 saturated heterocycles. The van der Waals surface area contributed by atoms with Crippen LogP contribution >= 0.6 is 46.2 Å². The van der Waals surface area contributed by atoms with Crippen molar-refractivity contribution >= 4 is 56.4 Å². The number of aromatic nitrogens is 4. The van der Waals surface area contributed by atoms with E-state index in [0.29, 0.717) is 0 Å². The van der Waals surface area contributed by atoms with Gasteiger partial charge in [-0.1, -0.05) is 60.4 Å². The molecule has 3 heterocycles. The molecule has 0 fully saturated rings. The minimum atomic E-state index is 0.915. The van der Waals surface area contributed by atoms with E-state index in [1.807, 2.05) is 6.07 Å². The standard InChI is InChI=1S/C16H12N4S4/c1-2-21-15-19-20-16(24-15)23-14-11-8-12(10-6-4-3-5-7-10)22-13(11)17-9-18-14/h3-9H,2H2,1H3. The van der Waals surface area contributed by atoms with Gasteiger partial charge in [0.1, 0.15) is 16.2 Å². The van der Waals surface area contributed by atoms with E-state index in [0.717, 1.165) is 29.7 Å². The van der Waals surface area contributed by atoms with Crippen LogP contribution in [-0.4, -0.2) is 25.9 Å². The molecule has 3 aromatic heterocycles. The first-order valence-electron chi connectivity index (χ1n) is 7.27. The third-order valence-corrected chi connectivity index (χ3v) is 7.29. The number of rotatable bonds is 5. The summed E-state index contributed by atoms with van der Waals surface area (Å²) in [5.74, 6) is 1.00. The smallest absolute Gasteiger partial charge is 0.181 e. The van der Waals surface area contributed by atoms with Gasteiger partial charge in [-0.05, 0) is 29.1 Å². The van der Waals surface area contributed by atoms with Crippen LogP contribution < -0.4 is 0 Å². The first-order chi connectivity index (χ1) is 11.8. The minimum absolute atomic E-state index is 0.915. The molecule has 0 spiro atoms. The van der Waals surface area contributed by atoms with Gasteiger partial charge in [-0.3, -0.25) is 0 Å². The van der Waals surface area contributed by atoms with E-state index in [1.165, 1.54) is 10.4 Å². The summed E-state index contributed by atoms with van der Waals surface area (Å²) in [5.41, 5.74) is 1.20. The Balaban J connectivity index is 1.69. The molecule has 4 aromatic rings. The maximum absolute atomic E-state index is 4.46. The lowest BCUT2D eigenvalue weighted by molar-refractivity contribution is 0.953. The number of thiophene rings is 1. The molecular formula is C16H12N4S4. The zero-order chi connectivity index (χ0) is 16.4. The second-order valence-corrected chi connectivity index (χ2v) is 9.50. The van der Waals surface area contributed by atoms with Crippen LogP contribution in [0.25, 0.3) is 20.7 Å². The van der Waals surface area contributed by atoms with Gasteiger partial charge >= 0.3 is 0 Å². The molecule has 4 nitrogen and oxygen atoms in total. The Labute approximate surface area is 155 Å². The fourth-order valence-electron chi connectivity index (χ4n) is 2.16. The summed E-state index contributed by atoms with van der Waals surface area (Å²) >= 11 is 6.57. The molecule has 0 N–H and O–H groups in total. The van der Waals surface area contributed by atoms with Crippen molar-refractivity contribution in [2.75, 3.05) is 5.75 Å². The summed E-state index contributed by atoms with van der Waals surface area (Å²) in [6.45, 7) is 2.11. The highest BCUT2D eigenvalue weighted by Crippen LogP contribution is 2.39. The van der Waals surface area contributed by atoms with Gasteiger partial charge in [0.05, 0.1) is 0 Å². The second kappa shape index (κ2) is 7.18. The number of hydrogen-bond donors (Lipinski definition) is 0. The summed E-state index contributed by atoms with van der Waals surface area (Å²) < 4.78 is 1.92. The van der Waals surface area contributed by atoms with Gasteiger partial charge in [0.2, 0.25) is 0 Å². The Hall–Kier alpha value is -1.48. The van der Waals surface area contributed by atoms with E-state index in [4.69, 9.17) is 0 Å². The van der Waals surface area contributed by atoms with Crippen LogP contribution in [0.1, 0.15) is 6.92 Å². The normalized spacial score (nSPS) is 11.2. The van der Waals surface area contributed by atoms with Crippen molar-refractivity contribution in [2.45, 2.75) is 20.6 Å². The van der Waals surface area contributed by atoms with E-state index in [-0.39, 0.29) is 0 Å². The van der Waals surface area contributed by atoms with Crippen LogP contribution in [0.3, 0.4) is 0 Å². The largest absolute Gasteiger partial charge is 0.229 e. The zero-order valence-electron chi connectivity index (χ0n) is 12.7. The molecule has 0 unspecified atom stereocenters. The van der Waals surface area contributed by atoms with E-state index < -0.39 is 0 Å². The molecule has 0 saturated carbocycles. The molecule has 1 aromatic carbocycles. The zero-order valence-corrected chi connectivity index (χ0v) is 15.9. The van der Waals surface area contributed by atoms with Crippen molar-refractivity contribution in [3.8, 4) is 10.4 Å². The Morgan fingerprint density at radius 1 is 1.00 bits per heavy atom. The van der Waals surface area contributed by atoms with E-state index in [1.54, 1.807) is 52.5 Å². The predicted molar refractivity (Wildman–Crippen MR) is 103 cm³/mol. The summed E-state index contributed by atoms with van der Waals surface area (Å²) in [6.07, 6.45) is 1.62. The van der Waals surface area contributed by atoms with E-state index in [2.05, 4.69) is 57.4 Å². The van der Waals surface area contributed by atoms with Crippen molar-refractivity contribution in [1.29, 1.82) is 0 Å². The van der Waals surface area contributed by atoms with Crippen LogP contribution in [0.5, 0.6) is 0 Å². The summed E-state index contributed by atoms with van der Waals surface area (Å²) in [4.78, 5) is 11.1. The Kier molecular flexibility index (Phi) is 4.79. The molecule has 0 amide bonds. The fourth-order valence-corrected chi connectivity index (χ4v) is 6.13. The topological polar surface area (TPSA) is 51.6 Å². The summed E-state index contributed by atoms with van der Waals surface area (Å²) in [6, 6.07) is 12.5. The maximum atomic E-state index is 4.46. The third kappa shape index (κ3) is 3.32. The van der Waals surface area contributed by atoms with Gasteiger partial charge < -0.3 is 0 Å². The molecular weight excluding hydrogens is 376 g/mol. The average Bonchev–Trinajstić information content (AvgIpc) is 3.23. The van der Waals surface area contributed by atoms with Gasteiger partial charge in [0.15, 0.2) is 8.68 Å². The van der Waals surface area contributed by atoms with Gasteiger partial charge in [0, 0.05) is 10.3 Å². The van der Waals surface area contributed by atoms with Gasteiger partial charge in [-0.2, -0.15) is 0 Å². The van der Waals surface area contributed by atoms with Gasteiger partial charge in [0.25, 0.3) is 0 Å². The molecule has 120 valence electrons. The first-order valence-corrected chi connectivity index (χ1v) is 10.7. The highest BCUT2D eigenvalue weighted by Gasteiger charge is 2.13. The minimum Gasteiger partial charge on any atom is -0.229 e. The van der Waals surface area contributed by atoms with Gasteiger partial charge in [-0.15, -0.1) is 21.5 Å². The number of hydrogen-bond acceptors (Lipinski definition) is 8. The molecule has 0 bridgehead atoms. The average molecular weight is 389 g/mol. The molecule has 0 aliphatic carbocycles. The number of fused-ring (bicyclic) bond motifs is 1. The van der Waals surface area contributed by atoms with Crippen molar-refractivity contribution in [3.63, 3.8) is 0 Å². The van der Waals surface area contributed by atoms with Crippen molar-refractivity contribution in [2.24, 2.45) is 0 Å². The SMILES string of the molecule is CCSc1nnc(Sc2ncnc3sc(-c4ccccc4)cc23)s1. The molecule has 0 aliphatic heterocycles. The molecule has 0 aliphatic rings. The lowest BCUT2D eigenvalue weighted by Crippen LogP contribution is -1.82. The second-order valence-electron chi connectivity index (χ2n) is 4.74. The van der Waals surface area contributed by atoms with Crippen LogP contribution in [0.2, 0.25) is 0 Å². The molecule has 0 radical (unpaired) electrons. The summed E-state index contributed by atoms with van der Waals surface area (Å²) in [7, 11) is 0. The monoisotopic (exact) mass is 388 g/mol. The van der Waals surface area contributed by atoms with Crippen molar-refractivity contribution in [1.82, 2.24) is 20.2 Å². The van der Waals surface area contributed by atoms with Crippen LogP contribution in [-0.2, 0) is 0 Å². The first kappa shape index (κ1) is 16.0. The Morgan fingerprint density at radius 3 is 2.67 bits per heavy atom. The molecule has 24 heavy (non-hydrogen) atoms. The number of nitrogens with zero attached hydrogens (tertiary/aromatic N) is 4. The molecule has 4 rings (SSSR count). The lowest BCUT2D eigenvalue weighted by Gasteiger charge is -1.97.